The molecule has 0 saturated carbocycles. The Hall–Kier alpha value is -2.00. The van der Waals surface area contributed by atoms with Gasteiger partial charge in [0, 0.05) is 16.5 Å². The second-order valence-electron chi connectivity index (χ2n) is 3.93. The van der Waals surface area contributed by atoms with Crippen molar-refractivity contribution < 1.29 is 5.11 Å². The van der Waals surface area contributed by atoms with Crippen LogP contribution in [0.2, 0.25) is 0 Å². The van der Waals surface area contributed by atoms with Crippen LogP contribution in [0.4, 0.5) is 0 Å². The van der Waals surface area contributed by atoms with E-state index in [0.29, 0.717) is 5.75 Å². The highest BCUT2D eigenvalue weighted by atomic mass is 32.2. The molecule has 3 aromatic rings. The summed E-state index contributed by atoms with van der Waals surface area (Å²) in [5.74, 6) is 0.302. The van der Waals surface area contributed by atoms with E-state index in [4.69, 9.17) is 0 Å². The van der Waals surface area contributed by atoms with Gasteiger partial charge in [0.05, 0.1) is 10.4 Å². The molecular weight excluding hydrogens is 242 g/mol. The Morgan fingerprint density at radius 2 is 1.72 bits per heavy atom. The monoisotopic (exact) mass is 253 g/mol. The fourth-order valence-electron chi connectivity index (χ4n) is 1.78. The fourth-order valence-corrected chi connectivity index (χ4v) is 2.64. The zero-order valence-electron chi connectivity index (χ0n) is 9.58. The minimum atomic E-state index is 0.302. The van der Waals surface area contributed by atoms with E-state index < -0.39 is 0 Å². The average Bonchev–Trinajstić information content (AvgIpc) is 2.41. The summed E-state index contributed by atoms with van der Waals surface area (Å²) in [5.41, 5.74) is 0.985. The van der Waals surface area contributed by atoms with Crippen LogP contribution in [-0.4, -0.2) is 10.1 Å². The summed E-state index contributed by atoms with van der Waals surface area (Å²) in [6.45, 7) is 0. The van der Waals surface area contributed by atoms with Gasteiger partial charge in [0.1, 0.15) is 5.75 Å². The van der Waals surface area contributed by atoms with E-state index in [1.807, 2.05) is 48.7 Å². The van der Waals surface area contributed by atoms with E-state index in [0.717, 1.165) is 20.7 Å². The lowest BCUT2D eigenvalue weighted by Gasteiger charge is -2.04. The SMILES string of the molecule is Oc1ccccc1Sc1cnc2ccccc2c1. The molecule has 0 saturated heterocycles. The number of hydrogen-bond acceptors (Lipinski definition) is 3. The molecule has 2 aromatic carbocycles. The van der Waals surface area contributed by atoms with Crippen molar-refractivity contribution in [1.29, 1.82) is 0 Å². The molecule has 3 rings (SSSR count). The number of benzene rings is 2. The third-order valence-electron chi connectivity index (χ3n) is 2.66. The molecule has 1 N–H and O–H groups in total. The lowest BCUT2D eigenvalue weighted by atomic mass is 10.2. The van der Waals surface area contributed by atoms with Gasteiger partial charge in [0.15, 0.2) is 0 Å². The lowest BCUT2D eigenvalue weighted by molar-refractivity contribution is 0.462. The molecule has 0 aliphatic carbocycles. The van der Waals surface area contributed by atoms with Gasteiger partial charge >= 0.3 is 0 Å². The van der Waals surface area contributed by atoms with Gasteiger partial charge < -0.3 is 5.11 Å². The third kappa shape index (κ3) is 2.17. The fraction of sp³-hybridized carbons (Fsp3) is 0. The zero-order valence-corrected chi connectivity index (χ0v) is 10.4. The molecule has 0 atom stereocenters. The molecule has 1 heterocycles. The standard InChI is InChI=1S/C15H11NOS/c17-14-7-3-4-8-15(14)18-12-9-11-5-1-2-6-13(11)16-10-12/h1-10,17H. The van der Waals surface area contributed by atoms with Crippen LogP contribution in [0.25, 0.3) is 10.9 Å². The number of pyridine rings is 1. The van der Waals surface area contributed by atoms with Crippen molar-refractivity contribution in [3.8, 4) is 5.75 Å². The first-order valence-electron chi connectivity index (χ1n) is 5.63. The van der Waals surface area contributed by atoms with Crippen LogP contribution >= 0.6 is 11.8 Å². The maximum atomic E-state index is 9.74. The molecular formula is C15H11NOS. The summed E-state index contributed by atoms with van der Waals surface area (Å²) in [6.07, 6.45) is 1.83. The largest absolute Gasteiger partial charge is 0.507 e. The van der Waals surface area contributed by atoms with Gasteiger partial charge in [-0.25, -0.2) is 0 Å². The number of para-hydroxylation sites is 2. The van der Waals surface area contributed by atoms with Crippen molar-refractivity contribution in [3.05, 3.63) is 60.8 Å². The smallest absolute Gasteiger partial charge is 0.129 e. The molecule has 3 heteroatoms. The van der Waals surface area contributed by atoms with E-state index >= 15 is 0 Å². The number of phenolic OH excluding ortho intramolecular Hbond substituents is 1. The van der Waals surface area contributed by atoms with E-state index in [2.05, 4.69) is 11.1 Å². The van der Waals surface area contributed by atoms with Gasteiger partial charge in [-0.05, 0) is 24.3 Å². The van der Waals surface area contributed by atoms with Gasteiger partial charge in [-0.3, -0.25) is 4.98 Å². The highest BCUT2D eigenvalue weighted by molar-refractivity contribution is 7.99. The van der Waals surface area contributed by atoms with Crippen LogP contribution in [0, 0.1) is 0 Å². The molecule has 0 aliphatic rings. The summed E-state index contributed by atoms with van der Waals surface area (Å²) in [4.78, 5) is 6.27. The third-order valence-corrected chi connectivity index (χ3v) is 3.68. The molecule has 0 spiro atoms. The van der Waals surface area contributed by atoms with Crippen molar-refractivity contribution in [2.75, 3.05) is 0 Å². The van der Waals surface area contributed by atoms with E-state index in [1.54, 1.807) is 6.07 Å². The highest BCUT2D eigenvalue weighted by Gasteiger charge is 2.03. The van der Waals surface area contributed by atoms with Crippen LogP contribution in [-0.2, 0) is 0 Å². The highest BCUT2D eigenvalue weighted by Crippen LogP contribution is 2.34. The second-order valence-corrected chi connectivity index (χ2v) is 5.05. The Bertz CT molecular complexity index is 697. The number of aromatic nitrogens is 1. The molecule has 2 nitrogen and oxygen atoms in total. The summed E-state index contributed by atoms with van der Waals surface area (Å²) >= 11 is 1.52. The Kier molecular flexibility index (Phi) is 2.90. The molecule has 88 valence electrons. The number of nitrogens with zero attached hydrogens (tertiary/aromatic N) is 1. The van der Waals surface area contributed by atoms with Crippen LogP contribution in [0.1, 0.15) is 0 Å². The second kappa shape index (κ2) is 4.70. The van der Waals surface area contributed by atoms with Gasteiger partial charge in [0.25, 0.3) is 0 Å². The molecule has 1 aromatic heterocycles. The minimum absolute atomic E-state index is 0.302. The van der Waals surface area contributed by atoms with Crippen LogP contribution in [0.3, 0.4) is 0 Å². The molecule has 0 fully saturated rings. The van der Waals surface area contributed by atoms with E-state index in [9.17, 15) is 5.11 Å². The molecule has 0 aliphatic heterocycles. The number of aromatic hydroxyl groups is 1. The maximum Gasteiger partial charge on any atom is 0.129 e. The van der Waals surface area contributed by atoms with Gasteiger partial charge in [0.2, 0.25) is 0 Å². The molecule has 0 amide bonds. The average molecular weight is 253 g/mol. The van der Waals surface area contributed by atoms with Gasteiger partial charge in [-0.2, -0.15) is 0 Å². The quantitative estimate of drug-likeness (QED) is 0.746. The Balaban J connectivity index is 1.98. The topological polar surface area (TPSA) is 33.1 Å². The van der Waals surface area contributed by atoms with Crippen molar-refractivity contribution in [2.45, 2.75) is 9.79 Å². The first-order chi connectivity index (χ1) is 8.83. The number of rotatable bonds is 2. The summed E-state index contributed by atoms with van der Waals surface area (Å²) in [7, 11) is 0. The predicted molar refractivity (Wildman–Crippen MR) is 74.0 cm³/mol. The Labute approximate surface area is 109 Å². The van der Waals surface area contributed by atoms with Gasteiger partial charge in [-0.15, -0.1) is 0 Å². The first kappa shape index (κ1) is 11.1. The number of phenols is 1. The van der Waals surface area contributed by atoms with Crippen LogP contribution in [0.5, 0.6) is 5.75 Å². The molecule has 0 radical (unpaired) electrons. The Morgan fingerprint density at radius 1 is 0.944 bits per heavy atom. The zero-order chi connectivity index (χ0) is 12.4. The van der Waals surface area contributed by atoms with Gasteiger partial charge in [-0.1, -0.05) is 42.1 Å². The Morgan fingerprint density at radius 3 is 2.61 bits per heavy atom. The molecule has 0 unspecified atom stereocenters. The van der Waals surface area contributed by atoms with Crippen molar-refractivity contribution in [2.24, 2.45) is 0 Å². The lowest BCUT2D eigenvalue weighted by Crippen LogP contribution is -1.80. The van der Waals surface area contributed by atoms with Crippen molar-refractivity contribution >= 4 is 22.7 Å². The molecule has 18 heavy (non-hydrogen) atoms. The molecule has 0 bridgehead atoms. The number of fused-ring (bicyclic) bond motifs is 1. The summed E-state index contributed by atoms with van der Waals surface area (Å²) < 4.78 is 0. The minimum Gasteiger partial charge on any atom is -0.507 e. The van der Waals surface area contributed by atoms with E-state index in [-0.39, 0.29) is 0 Å². The normalized spacial score (nSPS) is 10.7. The predicted octanol–water partition coefficient (Wildman–Crippen LogP) is 4.09. The summed E-state index contributed by atoms with van der Waals surface area (Å²) in [5, 5.41) is 10.9. The van der Waals surface area contributed by atoms with E-state index in [1.165, 1.54) is 11.8 Å². The first-order valence-corrected chi connectivity index (χ1v) is 6.45. The summed E-state index contributed by atoms with van der Waals surface area (Å²) in [6, 6.07) is 17.4. The number of hydrogen-bond donors (Lipinski definition) is 1. The van der Waals surface area contributed by atoms with Crippen molar-refractivity contribution in [1.82, 2.24) is 4.98 Å². The van der Waals surface area contributed by atoms with Crippen molar-refractivity contribution in [3.63, 3.8) is 0 Å². The van der Waals surface area contributed by atoms with Crippen LogP contribution in [0.15, 0.2) is 70.6 Å². The van der Waals surface area contributed by atoms with Crippen LogP contribution < -0.4 is 0 Å². The maximum absolute atomic E-state index is 9.74.